The van der Waals surface area contributed by atoms with E-state index in [4.69, 9.17) is 14.2 Å². The highest BCUT2D eigenvalue weighted by atomic mass is 16.6. The number of carbonyl (C=O) groups is 7. The summed E-state index contributed by atoms with van der Waals surface area (Å²) < 4.78 is 16.4. The lowest BCUT2D eigenvalue weighted by atomic mass is 10.1. The summed E-state index contributed by atoms with van der Waals surface area (Å²) in [5.41, 5.74) is 0.127. The van der Waals surface area contributed by atoms with Gasteiger partial charge in [0.2, 0.25) is 17.7 Å². The smallest absolute Gasteiger partial charge is 0.329 e. The van der Waals surface area contributed by atoms with Crippen LogP contribution in [-0.2, 0) is 47.8 Å². The largest absolute Gasteiger partial charge is 0.460 e. The number of nitrogens with one attached hydrogen (secondary N) is 3. The second kappa shape index (κ2) is 17.0. The standard InChI is InChI=1S/C32H45N5O10/c1-6-16-46-30(43)21(8-10-28(42)37-15-17-45-29(37)23-18-20(2)19-33-23)34-24(38)9-7-22(31(44)47-32(3,4)5)35-25(39)13-14-36-26(40)11-12-27(36)41/h6,11-12,21-23,29,33H,1-2,7-10,13-19H2,3-5H3,(H,34,38)(H,35,39)/t21-,22-,23-,29?/m0/s1. The first-order chi connectivity index (χ1) is 22.2. The van der Waals surface area contributed by atoms with Gasteiger partial charge in [-0.25, -0.2) is 9.59 Å². The van der Waals surface area contributed by atoms with Gasteiger partial charge in [-0.15, -0.1) is 0 Å². The van der Waals surface area contributed by atoms with Crippen LogP contribution in [0.15, 0.2) is 37.0 Å². The Hall–Kier alpha value is -4.37. The second-order valence-corrected chi connectivity index (χ2v) is 12.5. The van der Waals surface area contributed by atoms with Gasteiger partial charge >= 0.3 is 11.9 Å². The first kappa shape index (κ1) is 37.1. The van der Waals surface area contributed by atoms with Crippen LogP contribution in [0.25, 0.3) is 0 Å². The minimum atomic E-state index is -1.24. The molecule has 3 N–H and O–H groups in total. The van der Waals surface area contributed by atoms with Crippen LogP contribution in [-0.4, -0.2) is 114 Å². The van der Waals surface area contributed by atoms with Crippen LogP contribution in [0.2, 0.25) is 0 Å². The van der Waals surface area contributed by atoms with E-state index in [-0.39, 0.29) is 57.2 Å². The number of hydrogen-bond donors (Lipinski definition) is 3. The molecule has 0 aliphatic carbocycles. The molecule has 3 aliphatic heterocycles. The lowest BCUT2D eigenvalue weighted by Crippen LogP contribution is -2.48. The van der Waals surface area contributed by atoms with Gasteiger partial charge in [0, 0.05) is 51.0 Å². The number of hydrogen-bond acceptors (Lipinski definition) is 11. The molecule has 0 radical (unpaired) electrons. The highest BCUT2D eigenvalue weighted by Gasteiger charge is 2.38. The number of rotatable bonds is 16. The van der Waals surface area contributed by atoms with Crippen LogP contribution in [0.3, 0.4) is 0 Å². The van der Waals surface area contributed by atoms with Gasteiger partial charge in [-0.05, 0) is 40.0 Å². The minimum absolute atomic E-state index is 0.0520. The van der Waals surface area contributed by atoms with Crippen molar-refractivity contribution in [1.29, 1.82) is 0 Å². The maximum atomic E-state index is 13.2. The third-order valence-electron chi connectivity index (χ3n) is 7.48. The molecule has 0 saturated carbocycles. The van der Waals surface area contributed by atoms with Crippen LogP contribution >= 0.6 is 0 Å². The third kappa shape index (κ3) is 11.4. The van der Waals surface area contributed by atoms with Crippen molar-refractivity contribution in [3.8, 4) is 0 Å². The van der Waals surface area contributed by atoms with E-state index in [2.05, 4.69) is 29.1 Å². The van der Waals surface area contributed by atoms with E-state index in [1.165, 1.54) is 6.08 Å². The molecule has 15 nitrogen and oxygen atoms in total. The zero-order chi connectivity index (χ0) is 34.7. The second-order valence-electron chi connectivity index (χ2n) is 12.5. The van der Waals surface area contributed by atoms with Crippen molar-refractivity contribution in [3.05, 3.63) is 37.0 Å². The number of ether oxygens (including phenoxy) is 3. The Morgan fingerprint density at radius 3 is 2.23 bits per heavy atom. The molecule has 0 aromatic heterocycles. The number of amides is 5. The van der Waals surface area contributed by atoms with Crippen molar-refractivity contribution in [3.63, 3.8) is 0 Å². The minimum Gasteiger partial charge on any atom is -0.460 e. The SMILES string of the molecule is C=CCOC(=O)[C@H](CCC(=O)N1CCOC1[C@@H]1CC(=C)CN1)NC(=O)CC[C@H](NC(=O)CCN1C(=O)C=CC1=O)C(=O)OC(C)(C)C. The van der Waals surface area contributed by atoms with Gasteiger partial charge in [0.25, 0.3) is 11.8 Å². The first-order valence-corrected chi connectivity index (χ1v) is 15.6. The molecule has 5 amide bonds. The van der Waals surface area contributed by atoms with Crippen LogP contribution in [0.1, 0.15) is 59.3 Å². The van der Waals surface area contributed by atoms with Gasteiger partial charge in [-0.3, -0.25) is 28.9 Å². The molecule has 4 atom stereocenters. The van der Waals surface area contributed by atoms with E-state index in [0.717, 1.165) is 22.6 Å². The predicted octanol–water partition coefficient (Wildman–Crippen LogP) is 0.00540. The molecule has 3 aliphatic rings. The number of esters is 2. The van der Waals surface area contributed by atoms with E-state index in [9.17, 15) is 33.6 Å². The zero-order valence-electron chi connectivity index (χ0n) is 27.2. The van der Waals surface area contributed by atoms with Crippen LogP contribution in [0.5, 0.6) is 0 Å². The number of carbonyl (C=O) groups excluding carboxylic acids is 7. The van der Waals surface area contributed by atoms with Crippen molar-refractivity contribution in [2.45, 2.75) is 89.3 Å². The van der Waals surface area contributed by atoms with E-state index in [0.29, 0.717) is 26.1 Å². The Kier molecular flexibility index (Phi) is 13.4. The van der Waals surface area contributed by atoms with Crippen molar-refractivity contribution in [2.24, 2.45) is 0 Å². The van der Waals surface area contributed by atoms with Gasteiger partial charge in [0.1, 0.15) is 30.5 Å². The third-order valence-corrected chi connectivity index (χ3v) is 7.48. The predicted molar refractivity (Wildman–Crippen MR) is 167 cm³/mol. The van der Waals surface area contributed by atoms with Gasteiger partial charge in [-0.1, -0.05) is 24.8 Å². The summed E-state index contributed by atoms with van der Waals surface area (Å²) in [7, 11) is 0. The fourth-order valence-electron chi connectivity index (χ4n) is 5.22. The highest BCUT2D eigenvalue weighted by Crippen LogP contribution is 2.23. The molecular formula is C32H45N5O10. The molecule has 0 aromatic carbocycles. The van der Waals surface area contributed by atoms with Gasteiger partial charge in [0.05, 0.1) is 12.6 Å². The fraction of sp³-hybridized carbons (Fsp3) is 0.594. The first-order valence-electron chi connectivity index (χ1n) is 15.6. The highest BCUT2D eigenvalue weighted by molar-refractivity contribution is 6.13. The van der Waals surface area contributed by atoms with E-state index >= 15 is 0 Å². The molecule has 258 valence electrons. The topological polar surface area (TPSA) is 190 Å². The molecule has 0 bridgehead atoms. The average molecular weight is 660 g/mol. The molecule has 2 saturated heterocycles. The summed E-state index contributed by atoms with van der Waals surface area (Å²) in [6.07, 6.45) is 2.91. The molecule has 0 aromatic rings. The van der Waals surface area contributed by atoms with E-state index in [1.807, 2.05) is 0 Å². The van der Waals surface area contributed by atoms with Crippen LogP contribution < -0.4 is 16.0 Å². The maximum Gasteiger partial charge on any atom is 0.329 e. The zero-order valence-corrected chi connectivity index (χ0v) is 27.2. The number of nitrogens with zero attached hydrogens (tertiary/aromatic N) is 2. The molecule has 47 heavy (non-hydrogen) atoms. The normalized spacial score (nSPS) is 20.6. The summed E-state index contributed by atoms with van der Waals surface area (Å²) in [5.74, 6) is -4.15. The monoisotopic (exact) mass is 659 g/mol. The van der Waals surface area contributed by atoms with Crippen molar-refractivity contribution >= 4 is 41.5 Å². The van der Waals surface area contributed by atoms with Crippen molar-refractivity contribution in [1.82, 2.24) is 25.8 Å². The quantitative estimate of drug-likeness (QED) is 0.115. The molecule has 0 spiro atoms. The lowest BCUT2D eigenvalue weighted by Gasteiger charge is -2.28. The van der Waals surface area contributed by atoms with Gasteiger partial charge in [-0.2, -0.15) is 0 Å². The summed E-state index contributed by atoms with van der Waals surface area (Å²) in [4.78, 5) is 90.7. The summed E-state index contributed by atoms with van der Waals surface area (Å²) in [6.45, 7) is 13.6. The van der Waals surface area contributed by atoms with E-state index in [1.54, 1.807) is 25.7 Å². The Labute approximate surface area is 274 Å². The molecule has 15 heteroatoms. The molecule has 1 unspecified atom stereocenters. The van der Waals surface area contributed by atoms with E-state index < -0.39 is 59.5 Å². The van der Waals surface area contributed by atoms with Crippen molar-refractivity contribution in [2.75, 3.05) is 32.8 Å². The van der Waals surface area contributed by atoms with Gasteiger partial charge in [0.15, 0.2) is 0 Å². The summed E-state index contributed by atoms with van der Waals surface area (Å²) >= 11 is 0. The summed E-state index contributed by atoms with van der Waals surface area (Å²) in [5, 5.41) is 8.39. The van der Waals surface area contributed by atoms with Crippen LogP contribution in [0, 0.1) is 0 Å². The maximum absolute atomic E-state index is 13.2. The molecular weight excluding hydrogens is 614 g/mol. The van der Waals surface area contributed by atoms with Crippen LogP contribution in [0.4, 0.5) is 0 Å². The van der Waals surface area contributed by atoms with Gasteiger partial charge < -0.3 is 35.1 Å². The average Bonchev–Trinajstić information content (AvgIpc) is 3.74. The molecule has 3 rings (SSSR count). The Morgan fingerprint density at radius 1 is 1.02 bits per heavy atom. The lowest BCUT2D eigenvalue weighted by molar-refractivity contribution is -0.159. The molecule has 3 heterocycles. The summed E-state index contributed by atoms with van der Waals surface area (Å²) in [6, 6.07) is -2.49. The Bertz CT molecular complexity index is 1270. The van der Waals surface area contributed by atoms with Crippen molar-refractivity contribution < 1.29 is 47.8 Å². The molecule has 2 fully saturated rings. The Balaban J connectivity index is 1.59. The Morgan fingerprint density at radius 2 is 1.64 bits per heavy atom. The number of imide groups is 1. The fourth-order valence-corrected chi connectivity index (χ4v) is 5.22.